The molecule has 0 spiro atoms. The van der Waals surface area contributed by atoms with Crippen molar-refractivity contribution in [3.05, 3.63) is 118 Å². The standard InChI is InChI=1S/C36H37N3OS/c1-24-30(28-17-11-12-18-31(28)39(24)23-25-13-7-5-8-14-25)22-37-35-33(34(40)38-27-15-9-6-10-16-27)29-20-19-26(36(2,3)4)21-32(29)41-35/h5-18,22,26H,19-21,23H2,1-4H3,(H,38,40)/t26-/m1/s1. The SMILES string of the molecule is Cc1c(C=Nc2sc3c(c2C(=O)Nc2ccccc2)CC[C@@H](C(C)(C)C)C3)c2ccccc2n1Cc1ccccc1. The van der Waals surface area contributed by atoms with Crippen molar-refractivity contribution in [1.82, 2.24) is 4.57 Å². The van der Waals surface area contributed by atoms with Crippen LogP contribution in [0.15, 0.2) is 89.9 Å². The average Bonchev–Trinajstić information content (AvgIpc) is 3.46. The van der Waals surface area contributed by atoms with E-state index in [1.54, 1.807) is 11.3 Å². The first-order valence-corrected chi connectivity index (χ1v) is 15.3. The molecular formula is C36H37N3OS. The van der Waals surface area contributed by atoms with Crippen molar-refractivity contribution in [3.63, 3.8) is 0 Å². The molecule has 5 heteroatoms. The van der Waals surface area contributed by atoms with E-state index in [0.29, 0.717) is 5.92 Å². The number of rotatable bonds is 6. The zero-order valence-electron chi connectivity index (χ0n) is 24.3. The Bertz CT molecular complexity index is 1720. The highest BCUT2D eigenvalue weighted by Gasteiger charge is 2.33. The maximum Gasteiger partial charge on any atom is 0.259 e. The number of nitrogens with one attached hydrogen (secondary N) is 1. The van der Waals surface area contributed by atoms with E-state index in [1.807, 2.05) is 36.5 Å². The largest absolute Gasteiger partial charge is 0.340 e. The van der Waals surface area contributed by atoms with Gasteiger partial charge in [0.2, 0.25) is 0 Å². The molecular weight excluding hydrogens is 522 g/mol. The zero-order valence-corrected chi connectivity index (χ0v) is 25.1. The van der Waals surface area contributed by atoms with E-state index in [4.69, 9.17) is 4.99 Å². The molecule has 0 aliphatic heterocycles. The van der Waals surface area contributed by atoms with Crippen LogP contribution in [-0.4, -0.2) is 16.7 Å². The van der Waals surface area contributed by atoms with E-state index in [0.717, 1.165) is 47.6 Å². The number of hydrogen-bond donors (Lipinski definition) is 1. The second kappa shape index (κ2) is 11.1. The molecule has 0 bridgehead atoms. The minimum absolute atomic E-state index is 0.0710. The van der Waals surface area contributed by atoms with Gasteiger partial charge in [-0.05, 0) is 66.8 Å². The Labute approximate surface area is 246 Å². The molecule has 1 aliphatic carbocycles. The van der Waals surface area contributed by atoms with Gasteiger partial charge in [-0.3, -0.25) is 4.79 Å². The van der Waals surface area contributed by atoms with E-state index in [9.17, 15) is 4.79 Å². The summed E-state index contributed by atoms with van der Waals surface area (Å²) in [5.41, 5.74) is 7.68. The van der Waals surface area contributed by atoms with Crippen molar-refractivity contribution in [2.45, 2.75) is 53.5 Å². The number of aliphatic imine (C=N–C) groups is 1. The summed E-state index contributed by atoms with van der Waals surface area (Å²) in [5, 5.41) is 5.11. The molecule has 4 nitrogen and oxygen atoms in total. The number of anilines is 1. The van der Waals surface area contributed by atoms with Gasteiger partial charge in [0.25, 0.3) is 5.91 Å². The summed E-state index contributed by atoms with van der Waals surface area (Å²) in [7, 11) is 0. The van der Waals surface area contributed by atoms with Crippen molar-refractivity contribution in [3.8, 4) is 0 Å². The van der Waals surface area contributed by atoms with Crippen LogP contribution in [0.1, 0.15) is 64.8 Å². The highest BCUT2D eigenvalue weighted by molar-refractivity contribution is 7.16. The second-order valence-electron chi connectivity index (χ2n) is 12.2. The van der Waals surface area contributed by atoms with Gasteiger partial charge in [-0.25, -0.2) is 4.99 Å². The fraction of sp³-hybridized carbons (Fsp3) is 0.278. The van der Waals surface area contributed by atoms with Gasteiger partial charge in [0.05, 0.1) is 5.56 Å². The quantitative estimate of drug-likeness (QED) is 0.207. The Morgan fingerprint density at radius 2 is 1.68 bits per heavy atom. The van der Waals surface area contributed by atoms with Gasteiger partial charge >= 0.3 is 0 Å². The number of aromatic nitrogens is 1. The maximum absolute atomic E-state index is 13.8. The van der Waals surface area contributed by atoms with Crippen LogP contribution in [0.4, 0.5) is 10.7 Å². The Hall–Kier alpha value is -3.96. The first-order chi connectivity index (χ1) is 19.8. The van der Waals surface area contributed by atoms with Crippen LogP contribution in [0.2, 0.25) is 0 Å². The van der Waals surface area contributed by atoms with Crippen LogP contribution in [0, 0.1) is 18.3 Å². The van der Waals surface area contributed by atoms with Crippen molar-refractivity contribution < 1.29 is 4.79 Å². The molecule has 0 radical (unpaired) electrons. The fourth-order valence-electron chi connectivity index (χ4n) is 6.06. The van der Waals surface area contributed by atoms with Crippen molar-refractivity contribution in [1.29, 1.82) is 0 Å². The third-order valence-electron chi connectivity index (χ3n) is 8.50. The average molecular weight is 560 g/mol. The summed E-state index contributed by atoms with van der Waals surface area (Å²) in [5.74, 6) is 0.520. The number of nitrogens with zero attached hydrogens (tertiary/aromatic N) is 2. The predicted octanol–water partition coefficient (Wildman–Crippen LogP) is 9.21. The molecule has 0 fully saturated rings. The van der Waals surface area contributed by atoms with Crippen LogP contribution >= 0.6 is 11.3 Å². The third kappa shape index (κ3) is 5.51. The first-order valence-electron chi connectivity index (χ1n) is 14.5. The predicted molar refractivity (Wildman–Crippen MR) is 173 cm³/mol. The molecule has 5 aromatic rings. The highest BCUT2D eigenvalue weighted by Crippen LogP contribution is 2.45. The van der Waals surface area contributed by atoms with Crippen molar-refractivity contribution in [2.24, 2.45) is 16.3 Å². The van der Waals surface area contributed by atoms with E-state index in [-0.39, 0.29) is 11.3 Å². The Morgan fingerprint density at radius 3 is 2.41 bits per heavy atom. The Morgan fingerprint density at radius 1 is 1.00 bits per heavy atom. The van der Waals surface area contributed by atoms with Gasteiger partial charge in [-0.2, -0.15) is 0 Å². The molecule has 1 amide bonds. The summed E-state index contributed by atoms with van der Waals surface area (Å²) in [6, 6.07) is 28.8. The first kappa shape index (κ1) is 27.2. The molecule has 2 aromatic heterocycles. The number of carbonyl (C=O) groups excluding carboxylic acids is 1. The van der Waals surface area contributed by atoms with E-state index in [1.165, 1.54) is 32.6 Å². The van der Waals surface area contributed by atoms with Gasteiger partial charge in [0, 0.05) is 45.5 Å². The molecule has 3 aromatic carbocycles. The molecule has 208 valence electrons. The summed E-state index contributed by atoms with van der Waals surface area (Å²) < 4.78 is 2.36. The molecule has 1 aliphatic rings. The number of benzene rings is 3. The summed E-state index contributed by atoms with van der Waals surface area (Å²) >= 11 is 1.70. The highest BCUT2D eigenvalue weighted by atomic mass is 32.1. The zero-order chi connectivity index (χ0) is 28.6. The normalized spacial score (nSPS) is 15.4. The summed E-state index contributed by atoms with van der Waals surface area (Å²) in [4.78, 5) is 20.2. The Balaban J connectivity index is 1.41. The van der Waals surface area contributed by atoms with Crippen LogP contribution < -0.4 is 5.32 Å². The monoisotopic (exact) mass is 559 g/mol. The molecule has 0 unspecified atom stereocenters. The van der Waals surface area contributed by atoms with Crippen LogP contribution in [0.3, 0.4) is 0 Å². The van der Waals surface area contributed by atoms with Crippen LogP contribution in [-0.2, 0) is 19.4 Å². The molecule has 0 saturated heterocycles. The van der Waals surface area contributed by atoms with Crippen LogP contribution in [0.25, 0.3) is 10.9 Å². The summed E-state index contributed by atoms with van der Waals surface area (Å²) in [6.45, 7) is 9.94. The molecule has 1 atom stereocenters. The number of hydrogen-bond acceptors (Lipinski definition) is 3. The van der Waals surface area contributed by atoms with E-state index < -0.39 is 0 Å². The smallest absolute Gasteiger partial charge is 0.259 e. The minimum Gasteiger partial charge on any atom is -0.340 e. The molecule has 0 saturated carbocycles. The minimum atomic E-state index is -0.0710. The van der Waals surface area contributed by atoms with E-state index in [2.05, 4.69) is 92.2 Å². The lowest BCUT2D eigenvalue weighted by atomic mass is 9.72. The van der Waals surface area contributed by atoms with Gasteiger partial charge < -0.3 is 9.88 Å². The summed E-state index contributed by atoms with van der Waals surface area (Å²) in [6.07, 6.45) is 4.99. The van der Waals surface area contributed by atoms with Crippen molar-refractivity contribution >= 4 is 45.0 Å². The maximum atomic E-state index is 13.8. The molecule has 1 N–H and O–H groups in total. The lowest BCUT2D eigenvalue weighted by Crippen LogP contribution is -2.27. The second-order valence-corrected chi connectivity index (χ2v) is 13.2. The third-order valence-corrected chi connectivity index (χ3v) is 9.67. The number of amides is 1. The number of carbonyl (C=O) groups is 1. The fourth-order valence-corrected chi connectivity index (χ4v) is 7.33. The molecule has 6 rings (SSSR count). The van der Waals surface area contributed by atoms with Gasteiger partial charge in [0.1, 0.15) is 5.00 Å². The van der Waals surface area contributed by atoms with Gasteiger partial charge in [0.15, 0.2) is 0 Å². The number of thiophene rings is 1. The van der Waals surface area contributed by atoms with Crippen molar-refractivity contribution in [2.75, 3.05) is 5.32 Å². The van der Waals surface area contributed by atoms with Gasteiger partial charge in [-0.15, -0.1) is 11.3 Å². The number of para-hydroxylation sites is 2. The van der Waals surface area contributed by atoms with E-state index >= 15 is 0 Å². The molecule has 2 heterocycles. The van der Waals surface area contributed by atoms with Crippen LogP contribution in [0.5, 0.6) is 0 Å². The lowest BCUT2D eigenvalue weighted by Gasteiger charge is -2.33. The van der Waals surface area contributed by atoms with Gasteiger partial charge in [-0.1, -0.05) is 87.5 Å². The topological polar surface area (TPSA) is 46.4 Å². The lowest BCUT2D eigenvalue weighted by molar-refractivity contribution is 0.102. The number of fused-ring (bicyclic) bond motifs is 2. The molecule has 41 heavy (non-hydrogen) atoms. The Kier molecular flexibility index (Phi) is 7.39.